The Kier molecular flexibility index (Phi) is 12.3. The Hall–Kier alpha value is -4.90. The first kappa shape index (κ1) is 43.7. The Bertz CT molecular complexity index is 2210. The van der Waals surface area contributed by atoms with Crippen LogP contribution < -0.4 is 9.64 Å². The van der Waals surface area contributed by atoms with Gasteiger partial charge < -0.3 is 38.3 Å². The van der Waals surface area contributed by atoms with E-state index in [1.54, 1.807) is 77.6 Å². The number of para-hydroxylation sites is 1. The predicted molar refractivity (Wildman–Crippen MR) is 210 cm³/mol. The number of halogens is 4. The molecule has 0 bridgehead atoms. The number of amides is 1. The molecule has 3 aromatic heterocycles. The number of likely N-dealkylation sites (tertiary alicyclic amines) is 1. The molecule has 2 aliphatic heterocycles. The first-order chi connectivity index (χ1) is 27.5. The third kappa shape index (κ3) is 9.94. The standard InChI is InChI=1S/C41H49ClF3N5O9/c1-23-20-49(37(54)59-39(5,6)7)15-14-40(23,43)27-17-24(42)19-46-34(27)56-25-18-28(35(51)58-38(2,3)4)50(21-25)33-32-31(26-11-8-9-12-29(26)57-32)47-30(48-33)22-55-16-10-13-41(44,45)36(52)53/h8-9,11-12,17,19,23,25,28H,10,13-16,18,20-22H2,1-7H3,(H,52,53)/t23-,25-,28-,40+/m0/s1. The van der Waals surface area contributed by atoms with E-state index >= 15 is 4.39 Å². The normalized spacial score (nSPS) is 21.6. The summed E-state index contributed by atoms with van der Waals surface area (Å²) in [5, 5.41) is 9.58. The van der Waals surface area contributed by atoms with Crippen LogP contribution in [0.1, 0.15) is 85.5 Å². The second-order valence-electron chi connectivity index (χ2n) is 17.0. The van der Waals surface area contributed by atoms with Crippen molar-refractivity contribution < 1.29 is 56.0 Å². The number of aliphatic carboxylic acids is 1. The molecule has 6 rings (SSSR count). The molecule has 5 heterocycles. The van der Waals surface area contributed by atoms with Gasteiger partial charge in [0.25, 0.3) is 0 Å². The molecule has 59 heavy (non-hydrogen) atoms. The highest BCUT2D eigenvalue weighted by molar-refractivity contribution is 6.30. The first-order valence-corrected chi connectivity index (χ1v) is 19.8. The molecule has 1 amide bonds. The van der Waals surface area contributed by atoms with E-state index in [9.17, 15) is 23.2 Å². The maximum atomic E-state index is 17.3. The van der Waals surface area contributed by atoms with Gasteiger partial charge in [-0.05, 0) is 66.2 Å². The number of carboxylic acid groups (broad SMARTS) is 1. The third-order valence-electron chi connectivity index (χ3n) is 10.0. The number of carbonyl (C=O) groups is 3. The summed E-state index contributed by atoms with van der Waals surface area (Å²) in [6, 6.07) is 7.63. The fourth-order valence-electron chi connectivity index (χ4n) is 7.24. The molecule has 0 spiro atoms. The molecule has 4 aromatic rings. The highest BCUT2D eigenvalue weighted by Crippen LogP contribution is 2.46. The van der Waals surface area contributed by atoms with Crippen molar-refractivity contribution in [2.75, 3.05) is 31.1 Å². The lowest BCUT2D eigenvalue weighted by Gasteiger charge is -2.42. The van der Waals surface area contributed by atoms with Crippen LogP contribution in [-0.4, -0.2) is 98.5 Å². The van der Waals surface area contributed by atoms with Gasteiger partial charge in [-0.15, -0.1) is 0 Å². The van der Waals surface area contributed by atoms with Crippen LogP contribution in [0, 0.1) is 5.92 Å². The van der Waals surface area contributed by atoms with Crippen molar-refractivity contribution in [1.29, 1.82) is 0 Å². The number of furan rings is 1. The van der Waals surface area contributed by atoms with Crippen LogP contribution in [0.15, 0.2) is 40.9 Å². The molecule has 1 N–H and O–H groups in total. The van der Waals surface area contributed by atoms with Gasteiger partial charge in [-0.25, -0.2) is 33.7 Å². The summed E-state index contributed by atoms with van der Waals surface area (Å²) in [6.45, 7) is 11.9. The molecular formula is C41H49ClF3N5O9. The number of rotatable bonds is 12. The molecule has 0 saturated carbocycles. The lowest BCUT2D eigenvalue weighted by molar-refractivity contribution is -0.166. The zero-order valence-electron chi connectivity index (χ0n) is 34.0. The van der Waals surface area contributed by atoms with Crippen LogP contribution in [0.2, 0.25) is 5.02 Å². The van der Waals surface area contributed by atoms with Gasteiger partial charge in [-0.1, -0.05) is 30.7 Å². The number of hydrogen-bond acceptors (Lipinski definition) is 12. The minimum atomic E-state index is -3.89. The van der Waals surface area contributed by atoms with Crippen LogP contribution in [-0.2, 0) is 36.1 Å². The number of benzene rings is 1. The van der Waals surface area contributed by atoms with E-state index in [0.717, 1.165) is 0 Å². The number of esters is 1. The molecule has 320 valence electrons. The molecule has 0 aliphatic carbocycles. The van der Waals surface area contributed by atoms with E-state index < -0.39 is 65.3 Å². The summed E-state index contributed by atoms with van der Waals surface area (Å²) < 4.78 is 74.4. The summed E-state index contributed by atoms with van der Waals surface area (Å²) in [6.07, 6.45) is -1.13. The quantitative estimate of drug-likeness (QED) is 0.107. The molecule has 4 atom stereocenters. The van der Waals surface area contributed by atoms with Gasteiger partial charge in [0.2, 0.25) is 5.88 Å². The number of aromatic nitrogens is 3. The fourth-order valence-corrected chi connectivity index (χ4v) is 7.39. The Morgan fingerprint density at radius 3 is 2.44 bits per heavy atom. The minimum Gasteiger partial charge on any atom is -0.477 e. The topological polar surface area (TPSA) is 167 Å². The number of pyridine rings is 1. The minimum absolute atomic E-state index is 0.0246. The number of anilines is 1. The summed E-state index contributed by atoms with van der Waals surface area (Å²) >= 11 is 6.40. The Morgan fingerprint density at radius 2 is 1.76 bits per heavy atom. The van der Waals surface area contributed by atoms with Crippen molar-refractivity contribution in [1.82, 2.24) is 19.9 Å². The van der Waals surface area contributed by atoms with Crippen molar-refractivity contribution in [3.05, 3.63) is 52.9 Å². The molecule has 2 aliphatic rings. The Morgan fingerprint density at radius 1 is 1.05 bits per heavy atom. The SMILES string of the molecule is C[C@H]1CN(C(=O)OC(C)(C)C)CC[C@]1(F)c1cc(Cl)cnc1O[C@H]1C[C@@H](C(=O)OC(C)(C)C)N(c2nc(COCCCC(F)(F)C(=O)O)nc3c2oc2ccccc23)C1. The molecule has 18 heteroatoms. The summed E-state index contributed by atoms with van der Waals surface area (Å²) in [5.41, 5.74) is -2.34. The van der Waals surface area contributed by atoms with Gasteiger partial charge in [0.05, 0.1) is 17.1 Å². The van der Waals surface area contributed by atoms with Crippen molar-refractivity contribution >= 4 is 57.5 Å². The van der Waals surface area contributed by atoms with E-state index in [1.165, 1.54) is 17.2 Å². The first-order valence-electron chi connectivity index (χ1n) is 19.4. The van der Waals surface area contributed by atoms with Crippen molar-refractivity contribution in [2.45, 2.75) is 116 Å². The van der Waals surface area contributed by atoms with Gasteiger partial charge in [-0.2, -0.15) is 8.78 Å². The van der Waals surface area contributed by atoms with Gasteiger partial charge >= 0.3 is 24.0 Å². The number of piperidine rings is 1. The van der Waals surface area contributed by atoms with E-state index in [4.69, 9.17) is 45.1 Å². The number of alkyl halides is 3. The number of hydrogen-bond donors (Lipinski definition) is 1. The second kappa shape index (κ2) is 16.6. The monoisotopic (exact) mass is 847 g/mol. The van der Waals surface area contributed by atoms with Crippen LogP contribution in [0.4, 0.5) is 23.8 Å². The van der Waals surface area contributed by atoms with Crippen LogP contribution >= 0.6 is 11.6 Å². The van der Waals surface area contributed by atoms with E-state index in [0.29, 0.717) is 16.5 Å². The maximum absolute atomic E-state index is 17.3. The Balaban J connectivity index is 1.31. The Labute approximate surface area is 344 Å². The summed E-state index contributed by atoms with van der Waals surface area (Å²) in [5.74, 6) is -7.07. The maximum Gasteiger partial charge on any atom is 0.410 e. The van der Waals surface area contributed by atoms with Crippen LogP contribution in [0.5, 0.6) is 5.88 Å². The van der Waals surface area contributed by atoms with Crippen LogP contribution in [0.25, 0.3) is 22.1 Å². The smallest absolute Gasteiger partial charge is 0.410 e. The zero-order valence-corrected chi connectivity index (χ0v) is 34.8. The second-order valence-corrected chi connectivity index (χ2v) is 17.5. The van der Waals surface area contributed by atoms with E-state index in [2.05, 4.69) is 9.97 Å². The predicted octanol–water partition coefficient (Wildman–Crippen LogP) is 8.25. The van der Waals surface area contributed by atoms with Gasteiger partial charge in [0, 0.05) is 56.5 Å². The molecule has 0 radical (unpaired) electrons. The van der Waals surface area contributed by atoms with Crippen molar-refractivity contribution in [2.24, 2.45) is 5.92 Å². The largest absolute Gasteiger partial charge is 0.477 e. The highest BCUT2D eigenvalue weighted by atomic mass is 35.5. The molecule has 14 nitrogen and oxygen atoms in total. The van der Waals surface area contributed by atoms with Gasteiger partial charge in [-0.3, -0.25) is 0 Å². The molecular weight excluding hydrogens is 799 g/mol. The summed E-state index contributed by atoms with van der Waals surface area (Å²) in [7, 11) is 0. The summed E-state index contributed by atoms with van der Waals surface area (Å²) in [4.78, 5) is 54.7. The van der Waals surface area contributed by atoms with Gasteiger partial charge in [0.1, 0.15) is 46.7 Å². The average Bonchev–Trinajstić information content (AvgIpc) is 3.73. The average molecular weight is 848 g/mol. The number of fused-ring (bicyclic) bond motifs is 3. The lowest BCUT2D eigenvalue weighted by Crippen LogP contribution is -2.50. The fraction of sp³-hybridized carbons (Fsp3) is 0.561. The number of nitrogens with zero attached hydrogens (tertiary/aromatic N) is 5. The highest BCUT2D eigenvalue weighted by Gasteiger charge is 2.48. The number of carboxylic acids is 1. The van der Waals surface area contributed by atoms with Crippen molar-refractivity contribution in [3.63, 3.8) is 0 Å². The molecule has 2 fully saturated rings. The lowest BCUT2D eigenvalue weighted by atomic mass is 9.79. The van der Waals surface area contributed by atoms with Gasteiger partial charge in [0.15, 0.2) is 17.2 Å². The number of carbonyl (C=O) groups excluding carboxylic acids is 2. The van der Waals surface area contributed by atoms with Crippen molar-refractivity contribution in [3.8, 4) is 5.88 Å². The van der Waals surface area contributed by atoms with E-state index in [1.807, 2.05) is 0 Å². The molecule has 0 unspecified atom stereocenters. The van der Waals surface area contributed by atoms with E-state index in [-0.39, 0.29) is 85.8 Å². The zero-order chi connectivity index (χ0) is 43.1. The molecule has 1 aromatic carbocycles. The molecule has 2 saturated heterocycles. The number of ether oxygens (including phenoxy) is 4. The third-order valence-corrected chi connectivity index (χ3v) is 10.2. The van der Waals surface area contributed by atoms with Crippen LogP contribution in [0.3, 0.4) is 0 Å².